The van der Waals surface area contributed by atoms with Crippen molar-refractivity contribution in [1.29, 1.82) is 0 Å². The molecule has 0 spiro atoms. The van der Waals surface area contributed by atoms with Gasteiger partial charge in [0.2, 0.25) is 0 Å². The lowest BCUT2D eigenvalue weighted by Gasteiger charge is -2.24. The molecule has 1 aromatic rings. The van der Waals surface area contributed by atoms with Crippen molar-refractivity contribution in [3.05, 3.63) is 29.3 Å². The average Bonchev–Trinajstić information content (AvgIpc) is 2.81. The molecule has 2 atom stereocenters. The number of anilines is 1. The van der Waals surface area contributed by atoms with Crippen LogP contribution in [0.1, 0.15) is 28.8 Å². The number of primary amides is 1. The molecule has 19 heavy (non-hydrogen) atoms. The third-order valence-corrected chi connectivity index (χ3v) is 4.36. The molecule has 4 nitrogen and oxygen atoms in total. The second-order valence-electron chi connectivity index (χ2n) is 5.75. The van der Waals surface area contributed by atoms with Crippen LogP contribution in [0.5, 0.6) is 0 Å². The van der Waals surface area contributed by atoms with Crippen molar-refractivity contribution in [3.8, 4) is 0 Å². The minimum Gasteiger partial charge on any atom is -0.369 e. The van der Waals surface area contributed by atoms with E-state index in [-0.39, 0.29) is 5.91 Å². The number of rotatable bonds is 2. The van der Waals surface area contributed by atoms with Crippen LogP contribution in [-0.4, -0.2) is 31.6 Å². The molecule has 2 aliphatic heterocycles. The lowest BCUT2D eigenvalue weighted by molar-refractivity contribution is 0.100. The fourth-order valence-corrected chi connectivity index (χ4v) is 3.36. The van der Waals surface area contributed by atoms with Gasteiger partial charge in [-0.2, -0.15) is 0 Å². The van der Waals surface area contributed by atoms with Crippen LogP contribution in [0, 0.1) is 12.8 Å². The standard InChI is InChI=1S/C15H21N3O/c1-10-4-5-12(15(16)19)14(7-10)18-8-11-3-2-6-17-13(11)9-18/h4-5,7,11,13,17H,2-3,6,8-9H2,1H3,(H2,16,19)/t11-,13+/m0/s1. The Bertz CT molecular complexity index is 486. The highest BCUT2D eigenvalue weighted by molar-refractivity contribution is 5.98. The molecule has 102 valence electrons. The fraction of sp³-hybridized carbons (Fsp3) is 0.533. The number of fused-ring (bicyclic) bond motifs is 1. The lowest BCUT2D eigenvalue weighted by Crippen LogP contribution is -2.40. The highest BCUT2D eigenvalue weighted by atomic mass is 16.1. The number of carbonyl (C=O) groups excluding carboxylic acids is 1. The molecule has 0 radical (unpaired) electrons. The van der Waals surface area contributed by atoms with Gasteiger partial charge in [0.25, 0.3) is 5.91 Å². The molecule has 0 unspecified atom stereocenters. The van der Waals surface area contributed by atoms with Crippen molar-refractivity contribution in [2.45, 2.75) is 25.8 Å². The zero-order valence-corrected chi connectivity index (χ0v) is 11.4. The summed E-state index contributed by atoms with van der Waals surface area (Å²) in [4.78, 5) is 13.9. The number of piperidine rings is 1. The molecule has 4 heteroatoms. The second kappa shape index (κ2) is 4.85. The Hall–Kier alpha value is -1.55. The van der Waals surface area contributed by atoms with Crippen LogP contribution in [0.2, 0.25) is 0 Å². The molecular formula is C15H21N3O. The Kier molecular flexibility index (Phi) is 3.19. The summed E-state index contributed by atoms with van der Waals surface area (Å²) < 4.78 is 0. The zero-order valence-electron chi connectivity index (χ0n) is 11.4. The van der Waals surface area contributed by atoms with Crippen molar-refractivity contribution in [2.24, 2.45) is 11.7 Å². The number of nitrogens with two attached hydrogens (primary N) is 1. The normalized spacial score (nSPS) is 26.3. The minimum atomic E-state index is -0.335. The Morgan fingerprint density at radius 2 is 2.26 bits per heavy atom. The molecule has 3 rings (SSSR count). The monoisotopic (exact) mass is 259 g/mol. The molecule has 3 N–H and O–H groups in total. The van der Waals surface area contributed by atoms with Crippen molar-refractivity contribution < 1.29 is 4.79 Å². The quantitative estimate of drug-likeness (QED) is 0.841. The average molecular weight is 259 g/mol. The van der Waals surface area contributed by atoms with Crippen molar-refractivity contribution in [3.63, 3.8) is 0 Å². The number of hydrogen-bond donors (Lipinski definition) is 2. The van der Waals surface area contributed by atoms with Crippen LogP contribution in [0.25, 0.3) is 0 Å². The third kappa shape index (κ3) is 2.32. The molecule has 2 aliphatic rings. The smallest absolute Gasteiger partial charge is 0.250 e. The van der Waals surface area contributed by atoms with E-state index < -0.39 is 0 Å². The van der Waals surface area contributed by atoms with E-state index in [0.29, 0.717) is 17.5 Å². The first-order chi connectivity index (χ1) is 9.15. The first-order valence-electron chi connectivity index (χ1n) is 7.04. The van der Waals surface area contributed by atoms with Crippen LogP contribution in [-0.2, 0) is 0 Å². The predicted molar refractivity (Wildman–Crippen MR) is 76.4 cm³/mol. The minimum absolute atomic E-state index is 0.335. The Balaban J connectivity index is 1.90. The second-order valence-corrected chi connectivity index (χ2v) is 5.75. The maximum absolute atomic E-state index is 11.6. The number of hydrogen-bond acceptors (Lipinski definition) is 3. The number of amides is 1. The van der Waals surface area contributed by atoms with Gasteiger partial charge in [-0.15, -0.1) is 0 Å². The molecule has 0 bridgehead atoms. The van der Waals surface area contributed by atoms with E-state index in [4.69, 9.17) is 5.73 Å². The number of nitrogens with zero attached hydrogens (tertiary/aromatic N) is 1. The highest BCUT2D eigenvalue weighted by Gasteiger charge is 2.35. The first kappa shape index (κ1) is 12.5. The number of aryl methyl sites for hydroxylation is 1. The molecule has 0 aliphatic carbocycles. The first-order valence-corrected chi connectivity index (χ1v) is 7.04. The maximum Gasteiger partial charge on any atom is 0.250 e. The Morgan fingerprint density at radius 3 is 3.00 bits per heavy atom. The summed E-state index contributed by atoms with van der Waals surface area (Å²) in [6.07, 6.45) is 2.54. The molecule has 1 amide bonds. The summed E-state index contributed by atoms with van der Waals surface area (Å²) in [7, 11) is 0. The number of nitrogens with one attached hydrogen (secondary N) is 1. The zero-order chi connectivity index (χ0) is 13.4. The fourth-order valence-electron chi connectivity index (χ4n) is 3.36. The Labute approximate surface area is 114 Å². The van der Waals surface area contributed by atoms with E-state index in [2.05, 4.69) is 23.2 Å². The molecule has 1 aromatic carbocycles. The molecule has 2 heterocycles. The largest absolute Gasteiger partial charge is 0.369 e. The summed E-state index contributed by atoms with van der Waals surface area (Å²) in [5, 5.41) is 3.59. The van der Waals surface area contributed by atoms with E-state index in [0.717, 1.165) is 25.3 Å². The van der Waals surface area contributed by atoms with Crippen LogP contribution in [0.3, 0.4) is 0 Å². The summed E-state index contributed by atoms with van der Waals surface area (Å²) in [6, 6.07) is 6.44. The van der Waals surface area contributed by atoms with Crippen LogP contribution in [0.15, 0.2) is 18.2 Å². The van der Waals surface area contributed by atoms with Crippen LogP contribution in [0.4, 0.5) is 5.69 Å². The van der Waals surface area contributed by atoms with Gasteiger partial charge < -0.3 is 16.0 Å². The van der Waals surface area contributed by atoms with Gasteiger partial charge >= 0.3 is 0 Å². The van der Waals surface area contributed by atoms with Gasteiger partial charge in [-0.1, -0.05) is 6.07 Å². The van der Waals surface area contributed by atoms with Crippen LogP contribution >= 0.6 is 0 Å². The third-order valence-electron chi connectivity index (χ3n) is 4.36. The number of carbonyl (C=O) groups is 1. The number of benzene rings is 1. The Morgan fingerprint density at radius 1 is 1.42 bits per heavy atom. The van der Waals surface area contributed by atoms with E-state index >= 15 is 0 Å². The van der Waals surface area contributed by atoms with E-state index in [1.165, 1.54) is 18.4 Å². The van der Waals surface area contributed by atoms with E-state index in [1.54, 1.807) is 0 Å². The van der Waals surface area contributed by atoms with Crippen molar-refractivity contribution in [2.75, 3.05) is 24.5 Å². The molecule has 0 aromatic heterocycles. The van der Waals surface area contributed by atoms with Crippen molar-refractivity contribution in [1.82, 2.24) is 5.32 Å². The summed E-state index contributed by atoms with van der Waals surface area (Å²) in [5.74, 6) is 0.368. The SMILES string of the molecule is Cc1ccc(C(N)=O)c(N2C[C@@H]3CCCN[C@@H]3C2)c1. The van der Waals surface area contributed by atoms with Gasteiger partial charge in [-0.05, 0) is 49.9 Å². The summed E-state index contributed by atoms with van der Waals surface area (Å²) >= 11 is 0. The highest BCUT2D eigenvalue weighted by Crippen LogP contribution is 2.31. The van der Waals surface area contributed by atoms with Gasteiger partial charge in [0.1, 0.15) is 0 Å². The molecule has 2 saturated heterocycles. The summed E-state index contributed by atoms with van der Waals surface area (Å²) in [5.41, 5.74) is 8.31. The van der Waals surface area contributed by atoms with Crippen LogP contribution < -0.4 is 16.0 Å². The molecule has 0 saturated carbocycles. The molecular weight excluding hydrogens is 238 g/mol. The van der Waals surface area contributed by atoms with Gasteiger partial charge in [0, 0.05) is 24.8 Å². The van der Waals surface area contributed by atoms with Gasteiger partial charge in [0.05, 0.1) is 5.56 Å². The topological polar surface area (TPSA) is 58.4 Å². The molecule has 2 fully saturated rings. The predicted octanol–water partition coefficient (Wildman–Crippen LogP) is 1.28. The van der Waals surface area contributed by atoms with E-state index in [9.17, 15) is 4.79 Å². The van der Waals surface area contributed by atoms with E-state index in [1.807, 2.05) is 12.1 Å². The van der Waals surface area contributed by atoms with Gasteiger partial charge in [-0.25, -0.2) is 0 Å². The maximum atomic E-state index is 11.6. The van der Waals surface area contributed by atoms with Crippen molar-refractivity contribution >= 4 is 11.6 Å². The van der Waals surface area contributed by atoms with Gasteiger partial charge in [-0.3, -0.25) is 4.79 Å². The van der Waals surface area contributed by atoms with Gasteiger partial charge in [0.15, 0.2) is 0 Å². The summed E-state index contributed by atoms with van der Waals surface area (Å²) in [6.45, 7) is 5.18. The lowest BCUT2D eigenvalue weighted by atomic mass is 9.94.